The Morgan fingerprint density at radius 3 is 2.57 bits per heavy atom. The van der Waals surface area contributed by atoms with Crippen LogP contribution in [0.15, 0.2) is 54.6 Å². The van der Waals surface area contributed by atoms with Crippen molar-refractivity contribution in [3.63, 3.8) is 0 Å². The first kappa shape index (κ1) is 20.4. The first-order valence-electron chi connectivity index (χ1n) is 9.82. The quantitative estimate of drug-likeness (QED) is 0.659. The standard InChI is InChI=1S/C22H26N4O.ClH/c27-21(18-12-14-23-15-13-18)25-22-24-19-10-4-5-11-20(19)26(22)16-6-9-17-7-2-1-3-8-17;/h1-5,7-8,10-11,18,23H,6,9,12-16H2,(H,24,25,27);1H. The molecule has 5 nitrogen and oxygen atoms in total. The monoisotopic (exact) mass is 398 g/mol. The van der Waals surface area contributed by atoms with E-state index in [1.165, 1.54) is 5.56 Å². The van der Waals surface area contributed by atoms with E-state index in [0.717, 1.165) is 56.4 Å². The highest BCUT2D eigenvalue weighted by molar-refractivity contribution is 5.93. The summed E-state index contributed by atoms with van der Waals surface area (Å²) in [6.45, 7) is 2.65. The molecule has 2 heterocycles. The molecule has 0 aliphatic carbocycles. The molecule has 0 radical (unpaired) electrons. The van der Waals surface area contributed by atoms with Gasteiger partial charge in [0.25, 0.3) is 0 Å². The summed E-state index contributed by atoms with van der Waals surface area (Å²) in [4.78, 5) is 17.4. The number of hydrogen-bond donors (Lipinski definition) is 2. The van der Waals surface area contributed by atoms with Gasteiger partial charge in [0.1, 0.15) is 0 Å². The number of halogens is 1. The van der Waals surface area contributed by atoms with Gasteiger partial charge < -0.3 is 9.88 Å². The van der Waals surface area contributed by atoms with Crippen molar-refractivity contribution in [1.82, 2.24) is 14.9 Å². The molecular formula is C22H27ClN4O. The van der Waals surface area contributed by atoms with E-state index in [9.17, 15) is 4.79 Å². The minimum absolute atomic E-state index is 0. The second-order valence-electron chi connectivity index (χ2n) is 7.18. The number of nitrogens with zero attached hydrogens (tertiary/aromatic N) is 2. The number of piperidine rings is 1. The molecule has 148 valence electrons. The zero-order valence-corrected chi connectivity index (χ0v) is 16.8. The fourth-order valence-electron chi connectivity index (χ4n) is 3.78. The van der Waals surface area contributed by atoms with Gasteiger partial charge in [0.2, 0.25) is 11.9 Å². The molecule has 3 aromatic rings. The van der Waals surface area contributed by atoms with Gasteiger partial charge >= 0.3 is 0 Å². The molecule has 0 spiro atoms. The number of carbonyl (C=O) groups excluding carboxylic acids is 1. The van der Waals surface area contributed by atoms with Crippen LogP contribution in [0.25, 0.3) is 11.0 Å². The number of nitrogens with one attached hydrogen (secondary N) is 2. The Balaban J connectivity index is 0.00000225. The molecule has 2 aromatic carbocycles. The Hall–Kier alpha value is -2.37. The number of hydrogen-bond acceptors (Lipinski definition) is 3. The predicted molar refractivity (Wildman–Crippen MR) is 116 cm³/mol. The van der Waals surface area contributed by atoms with Gasteiger partial charge in [-0.1, -0.05) is 42.5 Å². The molecule has 2 N–H and O–H groups in total. The molecule has 1 fully saturated rings. The van der Waals surface area contributed by atoms with Crippen LogP contribution >= 0.6 is 12.4 Å². The third-order valence-electron chi connectivity index (χ3n) is 5.29. The molecular weight excluding hydrogens is 372 g/mol. The lowest BCUT2D eigenvalue weighted by molar-refractivity contribution is -0.120. The van der Waals surface area contributed by atoms with Gasteiger partial charge in [-0.3, -0.25) is 10.1 Å². The number of anilines is 1. The molecule has 1 aliphatic rings. The van der Waals surface area contributed by atoms with Gasteiger partial charge in [-0.2, -0.15) is 0 Å². The molecule has 1 aromatic heterocycles. The molecule has 1 saturated heterocycles. The van der Waals surface area contributed by atoms with Crippen molar-refractivity contribution in [2.75, 3.05) is 18.4 Å². The SMILES string of the molecule is Cl.O=C(Nc1nc2ccccc2n1CCCc1ccccc1)C1CCNCC1. The number of carbonyl (C=O) groups is 1. The lowest BCUT2D eigenvalue weighted by Crippen LogP contribution is -2.35. The molecule has 0 saturated carbocycles. The third-order valence-corrected chi connectivity index (χ3v) is 5.29. The van der Waals surface area contributed by atoms with Gasteiger partial charge in [-0.05, 0) is 56.5 Å². The molecule has 4 rings (SSSR count). The Morgan fingerprint density at radius 2 is 1.79 bits per heavy atom. The van der Waals surface area contributed by atoms with E-state index in [2.05, 4.69) is 50.5 Å². The van der Waals surface area contributed by atoms with E-state index in [1.54, 1.807) is 0 Å². The number of para-hydroxylation sites is 2. The largest absolute Gasteiger partial charge is 0.317 e. The van der Waals surface area contributed by atoms with Crippen molar-refractivity contribution >= 4 is 35.3 Å². The molecule has 0 bridgehead atoms. The zero-order valence-electron chi connectivity index (χ0n) is 15.9. The number of aryl methyl sites for hydroxylation is 2. The number of fused-ring (bicyclic) bond motifs is 1. The van der Waals surface area contributed by atoms with Gasteiger partial charge in [-0.25, -0.2) is 4.98 Å². The average molecular weight is 399 g/mol. The summed E-state index contributed by atoms with van der Waals surface area (Å²) in [7, 11) is 0. The maximum Gasteiger partial charge on any atom is 0.229 e. The third kappa shape index (κ3) is 4.72. The Kier molecular flexibility index (Phi) is 7.06. The first-order valence-corrected chi connectivity index (χ1v) is 9.82. The van der Waals surface area contributed by atoms with Crippen LogP contribution in [-0.4, -0.2) is 28.5 Å². The fraction of sp³-hybridized carbons (Fsp3) is 0.364. The van der Waals surface area contributed by atoms with Crippen LogP contribution < -0.4 is 10.6 Å². The number of rotatable bonds is 6. The number of amides is 1. The van der Waals surface area contributed by atoms with E-state index >= 15 is 0 Å². The van der Waals surface area contributed by atoms with Crippen molar-refractivity contribution in [3.05, 3.63) is 60.2 Å². The van der Waals surface area contributed by atoms with Crippen molar-refractivity contribution < 1.29 is 4.79 Å². The normalized spacial score (nSPS) is 14.6. The first-order chi connectivity index (χ1) is 13.3. The number of aromatic nitrogens is 2. The van der Waals surface area contributed by atoms with E-state index in [4.69, 9.17) is 0 Å². The van der Waals surface area contributed by atoms with Crippen LogP contribution in [0.4, 0.5) is 5.95 Å². The van der Waals surface area contributed by atoms with E-state index in [-0.39, 0.29) is 24.2 Å². The molecule has 28 heavy (non-hydrogen) atoms. The summed E-state index contributed by atoms with van der Waals surface area (Å²) in [5.41, 5.74) is 3.34. The highest BCUT2D eigenvalue weighted by Crippen LogP contribution is 2.22. The average Bonchev–Trinajstić information content (AvgIpc) is 3.07. The van der Waals surface area contributed by atoms with Crippen molar-refractivity contribution in [3.8, 4) is 0 Å². The summed E-state index contributed by atoms with van der Waals surface area (Å²) in [5, 5.41) is 6.41. The second-order valence-corrected chi connectivity index (χ2v) is 7.18. The molecule has 1 amide bonds. The van der Waals surface area contributed by atoms with E-state index in [1.807, 2.05) is 24.3 Å². The molecule has 0 atom stereocenters. The minimum atomic E-state index is 0. The molecule has 6 heteroatoms. The summed E-state index contributed by atoms with van der Waals surface area (Å²) >= 11 is 0. The maximum absolute atomic E-state index is 12.7. The predicted octanol–water partition coefficient (Wildman–Crippen LogP) is 4.03. The summed E-state index contributed by atoms with van der Waals surface area (Å²) in [6, 6.07) is 18.6. The van der Waals surface area contributed by atoms with Gasteiger partial charge in [0.15, 0.2) is 0 Å². The minimum Gasteiger partial charge on any atom is -0.317 e. The molecule has 0 unspecified atom stereocenters. The van der Waals surface area contributed by atoms with Crippen LogP contribution in [0.3, 0.4) is 0 Å². The second kappa shape index (κ2) is 9.71. The summed E-state index contributed by atoms with van der Waals surface area (Å²) in [6.07, 6.45) is 3.79. The van der Waals surface area contributed by atoms with Gasteiger partial charge in [0.05, 0.1) is 11.0 Å². The van der Waals surface area contributed by atoms with Crippen molar-refractivity contribution in [2.24, 2.45) is 5.92 Å². The van der Waals surface area contributed by atoms with Crippen LogP contribution in [0.5, 0.6) is 0 Å². The number of benzene rings is 2. The Morgan fingerprint density at radius 1 is 1.07 bits per heavy atom. The summed E-state index contributed by atoms with van der Waals surface area (Å²) < 4.78 is 2.15. The van der Waals surface area contributed by atoms with E-state index < -0.39 is 0 Å². The van der Waals surface area contributed by atoms with Crippen LogP contribution in [0, 0.1) is 5.92 Å². The lowest BCUT2D eigenvalue weighted by atomic mass is 9.97. The number of imidazole rings is 1. The highest BCUT2D eigenvalue weighted by Gasteiger charge is 2.22. The Labute approximate surface area is 172 Å². The van der Waals surface area contributed by atoms with Gasteiger partial charge in [0, 0.05) is 12.5 Å². The van der Waals surface area contributed by atoms with Crippen molar-refractivity contribution in [2.45, 2.75) is 32.2 Å². The van der Waals surface area contributed by atoms with Crippen LogP contribution in [0.2, 0.25) is 0 Å². The Bertz CT molecular complexity index is 903. The van der Waals surface area contributed by atoms with Crippen LogP contribution in [0.1, 0.15) is 24.8 Å². The topological polar surface area (TPSA) is 59.0 Å². The van der Waals surface area contributed by atoms with Crippen molar-refractivity contribution in [1.29, 1.82) is 0 Å². The summed E-state index contributed by atoms with van der Waals surface area (Å²) in [5.74, 6) is 0.841. The van der Waals surface area contributed by atoms with Gasteiger partial charge in [-0.15, -0.1) is 12.4 Å². The fourth-order valence-corrected chi connectivity index (χ4v) is 3.78. The zero-order chi connectivity index (χ0) is 18.5. The maximum atomic E-state index is 12.7. The lowest BCUT2D eigenvalue weighted by Gasteiger charge is -2.21. The smallest absolute Gasteiger partial charge is 0.229 e. The van der Waals surface area contributed by atoms with E-state index in [0.29, 0.717) is 5.95 Å². The van der Waals surface area contributed by atoms with Crippen LogP contribution in [-0.2, 0) is 17.8 Å². The highest BCUT2D eigenvalue weighted by atomic mass is 35.5. The molecule has 1 aliphatic heterocycles.